The fourth-order valence-electron chi connectivity index (χ4n) is 1.29. The number of carbonyl (C=O) groups excluding carboxylic acids is 1. The van der Waals surface area contributed by atoms with E-state index in [2.05, 4.69) is 4.79 Å². The van der Waals surface area contributed by atoms with Gasteiger partial charge in [-0.1, -0.05) is 6.07 Å². The van der Waals surface area contributed by atoms with Gasteiger partial charge in [-0.05, 0) is 12.1 Å². The maximum Gasteiger partial charge on any atom is 0.398 e. The van der Waals surface area contributed by atoms with Gasteiger partial charge in [-0.25, -0.2) is 0 Å². The van der Waals surface area contributed by atoms with E-state index >= 15 is 0 Å². The van der Waals surface area contributed by atoms with Crippen LogP contribution in [0.2, 0.25) is 0 Å². The van der Waals surface area contributed by atoms with Crippen LogP contribution in [0, 0.1) is 5.53 Å². The summed E-state index contributed by atoms with van der Waals surface area (Å²) in [5.41, 5.74) is 6.44. The quantitative estimate of drug-likeness (QED) is 0.421. The van der Waals surface area contributed by atoms with Crippen molar-refractivity contribution in [3.05, 3.63) is 23.8 Å². The minimum Gasteiger partial charge on any atom is -0.538 e. The summed E-state index contributed by atoms with van der Waals surface area (Å²) in [6, 6.07) is 4.65. The molecule has 0 aliphatic carbocycles. The molecule has 0 saturated carbocycles. The molecular weight excluding hydrogens is 212 g/mol. The summed E-state index contributed by atoms with van der Waals surface area (Å²) in [7, 11) is 2.80. The summed E-state index contributed by atoms with van der Waals surface area (Å²) in [5.74, 6) is -0.968. The van der Waals surface area contributed by atoms with Crippen molar-refractivity contribution in [2.45, 2.75) is 0 Å². The normalized spacial score (nSPS) is 9.12. The first-order valence-corrected chi connectivity index (χ1v) is 4.32. The third-order valence-electron chi connectivity index (χ3n) is 1.96. The summed E-state index contributed by atoms with van der Waals surface area (Å²) in [6.07, 6.45) is 0. The molecule has 0 radical (unpaired) electrons. The van der Waals surface area contributed by atoms with Gasteiger partial charge in [-0.3, -0.25) is 0 Å². The van der Waals surface area contributed by atoms with Crippen LogP contribution in [0.1, 0.15) is 5.56 Å². The molecule has 0 amide bonds. The largest absolute Gasteiger partial charge is 0.538 e. The zero-order chi connectivity index (χ0) is 12.1. The Hall–Kier alpha value is -2.33. The molecule has 0 aliphatic heterocycles. The molecule has 0 aromatic heterocycles. The fraction of sp³-hybridized carbons (Fsp3) is 0.200. The van der Waals surface area contributed by atoms with Crippen molar-refractivity contribution in [1.82, 2.24) is 0 Å². The van der Waals surface area contributed by atoms with Crippen molar-refractivity contribution in [3.63, 3.8) is 0 Å². The Balaban J connectivity index is 3.44. The molecule has 84 valence electrons. The van der Waals surface area contributed by atoms with E-state index in [-0.39, 0.29) is 11.3 Å². The number of nitrogens with one attached hydrogen (secondary N) is 1. The number of nitrogens with zero attached hydrogens (tertiary/aromatic N) is 1. The zero-order valence-electron chi connectivity index (χ0n) is 8.81. The molecule has 0 heterocycles. The van der Waals surface area contributed by atoms with Crippen LogP contribution in [0.15, 0.2) is 18.2 Å². The van der Waals surface area contributed by atoms with E-state index in [1.54, 1.807) is 12.1 Å². The van der Waals surface area contributed by atoms with E-state index in [9.17, 15) is 9.90 Å². The van der Waals surface area contributed by atoms with Crippen LogP contribution >= 0.6 is 0 Å². The predicted molar refractivity (Wildman–Crippen MR) is 51.6 cm³/mol. The standard InChI is InChI=1S/C10H10N2O4/c1-15-7-5-3-4-6(9(7)16-2)8(12-11)10(13)14/h3-5,11H,1-2H3. The highest BCUT2D eigenvalue weighted by atomic mass is 16.5. The first kappa shape index (κ1) is 11.7. The van der Waals surface area contributed by atoms with E-state index in [0.717, 1.165) is 0 Å². The van der Waals surface area contributed by atoms with Crippen LogP contribution in [0.4, 0.5) is 0 Å². The van der Waals surface area contributed by atoms with Gasteiger partial charge in [0.05, 0.1) is 24.5 Å². The molecule has 0 bridgehead atoms. The first-order valence-electron chi connectivity index (χ1n) is 4.32. The summed E-state index contributed by atoms with van der Waals surface area (Å²) in [4.78, 5) is 13.7. The number of rotatable bonds is 4. The molecule has 16 heavy (non-hydrogen) atoms. The van der Waals surface area contributed by atoms with Crippen molar-refractivity contribution in [1.29, 1.82) is 5.53 Å². The van der Waals surface area contributed by atoms with Crippen LogP contribution in [-0.2, 0) is 4.79 Å². The monoisotopic (exact) mass is 222 g/mol. The average Bonchev–Trinajstić information content (AvgIpc) is 2.29. The van der Waals surface area contributed by atoms with Gasteiger partial charge < -0.3 is 19.4 Å². The maximum absolute atomic E-state index is 10.7. The molecule has 1 rings (SSSR count). The molecule has 0 unspecified atom stereocenters. The lowest BCUT2D eigenvalue weighted by Crippen LogP contribution is -2.33. The van der Waals surface area contributed by atoms with Crippen molar-refractivity contribution in [3.8, 4) is 11.5 Å². The Bertz CT molecular complexity index is 464. The predicted octanol–water partition coefficient (Wildman–Crippen LogP) is -0.518. The highest BCUT2D eigenvalue weighted by Gasteiger charge is 2.23. The topological polar surface area (TPSA) is 96.5 Å². The number of para-hydroxylation sites is 1. The van der Waals surface area contributed by atoms with Crippen LogP contribution in [0.3, 0.4) is 0 Å². The van der Waals surface area contributed by atoms with Gasteiger partial charge in [0.15, 0.2) is 17.5 Å². The minimum atomic E-state index is -1.54. The molecule has 6 heteroatoms. The average molecular weight is 222 g/mol. The van der Waals surface area contributed by atoms with Gasteiger partial charge in [0.2, 0.25) is 0 Å². The number of aliphatic carboxylic acids is 1. The van der Waals surface area contributed by atoms with E-state index in [4.69, 9.17) is 15.0 Å². The van der Waals surface area contributed by atoms with Gasteiger partial charge in [-0.15, -0.1) is 0 Å². The number of carbonyl (C=O) groups is 1. The van der Waals surface area contributed by atoms with Gasteiger partial charge in [0.1, 0.15) is 5.56 Å². The van der Waals surface area contributed by atoms with Gasteiger partial charge in [-0.2, -0.15) is 0 Å². The van der Waals surface area contributed by atoms with Crippen molar-refractivity contribution in [2.75, 3.05) is 14.2 Å². The van der Waals surface area contributed by atoms with E-state index in [1.165, 1.54) is 20.3 Å². The van der Waals surface area contributed by atoms with Crippen molar-refractivity contribution >= 4 is 11.7 Å². The van der Waals surface area contributed by atoms with E-state index in [1.807, 2.05) is 0 Å². The Labute approximate surface area is 91.7 Å². The molecule has 1 aromatic carbocycles. The van der Waals surface area contributed by atoms with Gasteiger partial charge in [0.25, 0.3) is 0 Å². The highest BCUT2D eigenvalue weighted by molar-refractivity contribution is 6.39. The molecule has 0 atom stereocenters. The van der Waals surface area contributed by atoms with Crippen molar-refractivity contribution in [2.24, 2.45) is 0 Å². The Morgan fingerprint density at radius 1 is 1.38 bits per heavy atom. The number of hydrogen-bond acceptors (Lipinski definition) is 5. The summed E-state index contributed by atoms with van der Waals surface area (Å²) >= 11 is 0. The van der Waals surface area contributed by atoms with Crippen LogP contribution in [0.25, 0.3) is 0 Å². The van der Waals surface area contributed by atoms with Crippen LogP contribution in [0.5, 0.6) is 11.5 Å². The summed E-state index contributed by atoms with van der Waals surface area (Å²) < 4.78 is 10.0. The third-order valence-corrected chi connectivity index (χ3v) is 1.96. The highest BCUT2D eigenvalue weighted by Crippen LogP contribution is 2.30. The fourth-order valence-corrected chi connectivity index (χ4v) is 1.29. The molecule has 0 saturated heterocycles. The van der Waals surface area contributed by atoms with E-state index in [0.29, 0.717) is 5.75 Å². The maximum atomic E-state index is 10.7. The Kier molecular flexibility index (Phi) is 3.63. The number of benzene rings is 1. The molecule has 6 nitrogen and oxygen atoms in total. The Morgan fingerprint density at radius 2 is 2.06 bits per heavy atom. The second-order valence-electron chi connectivity index (χ2n) is 2.79. The summed E-state index contributed by atoms with van der Waals surface area (Å²) in [6.45, 7) is 0. The number of carboxylic acid groups (broad SMARTS) is 1. The second kappa shape index (κ2) is 4.95. The van der Waals surface area contributed by atoms with Crippen molar-refractivity contribution < 1.29 is 24.2 Å². The number of ether oxygens (including phenoxy) is 2. The SMILES string of the molecule is COc1cccc(C(=[N+]=N)C(=O)[O-])c1OC. The lowest BCUT2D eigenvalue weighted by Gasteiger charge is -2.09. The number of carboxylic acids is 1. The van der Waals surface area contributed by atoms with Gasteiger partial charge in [0, 0.05) is 0 Å². The third kappa shape index (κ3) is 2.02. The second-order valence-corrected chi connectivity index (χ2v) is 2.79. The molecular formula is C10H10N2O4. The van der Waals surface area contributed by atoms with E-state index < -0.39 is 11.7 Å². The number of methoxy groups -OCH3 is 2. The molecule has 1 aromatic rings. The smallest absolute Gasteiger partial charge is 0.398 e. The lowest BCUT2D eigenvalue weighted by atomic mass is 10.1. The minimum absolute atomic E-state index is 0.150. The number of hydrogen-bond donors (Lipinski definition) is 1. The summed E-state index contributed by atoms with van der Waals surface area (Å²) in [5, 5.41) is 10.7. The van der Waals surface area contributed by atoms with Crippen LogP contribution in [-0.4, -0.2) is 30.7 Å². The Morgan fingerprint density at radius 3 is 2.50 bits per heavy atom. The van der Waals surface area contributed by atoms with Gasteiger partial charge >= 0.3 is 5.71 Å². The molecule has 1 N–H and O–H groups in total. The molecule has 0 spiro atoms. The first-order chi connectivity index (χ1) is 7.65. The lowest BCUT2D eigenvalue weighted by molar-refractivity contribution is -0.298. The molecule has 0 fully saturated rings. The molecule has 0 aliphatic rings. The zero-order valence-corrected chi connectivity index (χ0v) is 8.81. The van der Waals surface area contributed by atoms with Crippen LogP contribution < -0.4 is 14.6 Å².